The minimum absolute atomic E-state index is 0. The molecule has 0 radical (unpaired) electrons. The summed E-state index contributed by atoms with van der Waals surface area (Å²) in [5.41, 5.74) is 0. The zero-order valence-corrected chi connectivity index (χ0v) is 6.70. The number of hydrogen-bond acceptors (Lipinski definition) is 1. The van der Waals surface area contributed by atoms with Crippen molar-refractivity contribution in [2.75, 3.05) is 6.54 Å². The van der Waals surface area contributed by atoms with E-state index in [0.29, 0.717) is 0 Å². The van der Waals surface area contributed by atoms with Crippen molar-refractivity contribution in [1.82, 2.24) is 5.32 Å². The Balaban J connectivity index is 0. The Bertz CT molecular complexity index is 44.2. The van der Waals surface area contributed by atoms with E-state index in [9.17, 15) is 0 Å². The van der Waals surface area contributed by atoms with E-state index in [0.717, 1.165) is 12.6 Å². The Kier molecular flexibility index (Phi) is 10.3. The Morgan fingerprint density at radius 1 is 1.11 bits per heavy atom. The van der Waals surface area contributed by atoms with Crippen LogP contribution < -0.4 is 5.32 Å². The lowest BCUT2D eigenvalue weighted by atomic mass is 10.2. The van der Waals surface area contributed by atoms with E-state index in [4.69, 9.17) is 0 Å². The third-order valence-electron chi connectivity index (χ3n) is 1.48. The van der Waals surface area contributed by atoms with E-state index >= 15 is 0 Å². The zero-order valence-electron chi connectivity index (χ0n) is 6.70. The van der Waals surface area contributed by atoms with E-state index in [2.05, 4.69) is 26.1 Å². The van der Waals surface area contributed by atoms with Gasteiger partial charge in [0.05, 0.1) is 0 Å². The third-order valence-corrected chi connectivity index (χ3v) is 1.48. The standard InChI is InChI=1S/C7H17N.H2O/c1-4-7(5-2)8-6-3;/h7-8H,4-6H2,1-3H3;1H2. The lowest BCUT2D eigenvalue weighted by molar-refractivity contribution is 0.499. The minimum atomic E-state index is 0. The normalized spacial score (nSPS) is 9.33. The molecule has 0 saturated carbocycles. The van der Waals surface area contributed by atoms with Gasteiger partial charge in [-0.1, -0.05) is 20.8 Å². The maximum Gasteiger partial charge on any atom is 0.00616 e. The van der Waals surface area contributed by atoms with E-state index in [1.54, 1.807) is 0 Å². The predicted octanol–water partition coefficient (Wildman–Crippen LogP) is 0.960. The van der Waals surface area contributed by atoms with Crippen molar-refractivity contribution in [3.8, 4) is 0 Å². The summed E-state index contributed by atoms with van der Waals surface area (Å²) in [4.78, 5) is 0. The Labute approximate surface area is 58.0 Å². The van der Waals surface area contributed by atoms with Gasteiger partial charge in [0.15, 0.2) is 0 Å². The average Bonchev–Trinajstić information content (AvgIpc) is 1.83. The lowest BCUT2D eigenvalue weighted by Gasteiger charge is -2.11. The molecule has 0 aliphatic rings. The second-order valence-corrected chi connectivity index (χ2v) is 2.07. The molecule has 2 nitrogen and oxygen atoms in total. The van der Waals surface area contributed by atoms with Crippen LogP contribution in [0, 0.1) is 0 Å². The first-order valence-electron chi connectivity index (χ1n) is 3.58. The molecule has 0 saturated heterocycles. The largest absolute Gasteiger partial charge is 0.412 e. The number of nitrogens with one attached hydrogen (secondary N) is 1. The molecular formula is C7H19NO. The first-order valence-corrected chi connectivity index (χ1v) is 3.58. The molecule has 0 atom stereocenters. The molecule has 0 heterocycles. The summed E-state index contributed by atoms with van der Waals surface area (Å²) in [6.07, 6.45) is 2.51. The Morgan fingerprint density at radius 2 is 1.56 bits per heavy atom. The molecule has 0 fully saturated rings. The summed E-state index contributed by atoms with van der Waals surface area (Å²) < 4.78 is 0. The maximum atomic E-state index is 3.38. The average molecular weight is 133 g/mol. The number of rotatable bonds is 4. The number of hydrogen-bond donors (Lipinski definition) is 1. The van der Waals surface area contributed by atoms with E-state index in [-0.39, 0.29) is 5.48 Å². The monoisotopic (exact) mass is 133 g/mol. The summed E-state index contributed by atoms with van der Waals surface area (Å²) in [7, 11) is 0. The van der Waals surface area contributed by atoms with Gasteiger partial charge in [-0.2, -0.15) is 0 Å². The highest BCUT2D eigenvalue weighted by Crippen LogP contribution is 1.93. The van der Waals surface area contributed by atoms with Crippen LogP contribution in [0.4, 0.5) is 0 Å². The molecule has 0 bridgehead atoms. The van der Waals surface area contributed by atoms with Gasteiger partial charge in [0.2, 0.25) is 0 Å². The van der Waals surface area contributed by atoms with Crippen molar-refractivity contribution >= 4 is 0 Å². The Morgan fingerprint density at radius 3 is 1.67 bits per heavy atom. The molecule has 0 spiro atoms. The minimum Gasteiger partial charge on any atom is -0.412 e. The van der Waals surface area contributed by atoms with Crippen LogP contribution in [0.1, 0.15) is 33.6 Å². The SMILES string of the molecule is CCNC(CC)CC.O. The van der Waals surface area contributed by atoms with Crippen molar-refractivity contribution in [3.05, 3.63) is 0 Å². The molecule has 0 aliphatic carbocycles. The maximum absolute atomic E-state index is 3.38. The quantitative estimate of drug-likeness (QED) is 0.610. The van der Waals surface area contributed by atoms with Crippen molar-refractivity contribution in [2.45, 2.75) is 39.7 Å². The van der Waals surface area contributed by atoms with Crippen LogP contribution in [0.3, 0.4) is 0 Å². The molecule has 0 amide bonds. The van der Waals surface area contributed by atoms with Gasteiger partial charge in [-0.15, -0.1) is 0 Å². The van der Waals surface area contributed by atoms with Gasteiger partial charge in [-0.3, -0.25) is 0 Å². The zero-order chi connectivity index (χ0) is 6.41. The summed E-state index contributed by atoms with van der Waals surface area (Å²) in [6.45, 7) is 7.69. The summed E-state index contributed by atoms with van der Waals surface area (Å²) in [5.74, 6) is 0. The molecule has 3 N–H and O–H groups in total. The predicted molar refractivity (Wildman–Crippen MR) is 41.7 cm³/mol. The van der Waals surface area contributed by atoms with Crippen LogP contribution >= 0.6 is 0 Å². The molecule has 0 unspecified atom stereocenters. The molecular weight excluding hydrogens is 114 g/mol. The highest BCUT2D eigenvalue weighted by atomic mass is 16.0. The topological polar surface area (TPSA) is 43.5 Å². The third kappa shape index (κ3) is 5.80. The molecule has 0 aromatic carbocycles. The molecule has 2 heteroatoms. The molecule has 0 aliphatic heterocycles. The molecule has 0 aromatic rings. The summed E-state index contributed by atoms with van der Waals surface area (Å²) in [6, 6.07) is 0.750. The first kappa shape index (κ1) is 11.7. The van der Waals surface area contributed by atoms with Crippen molar-refractivity contribution < 1.29 is 5.48 Å². The smallest absolute Gasteiger partial charge is 0.00616 e. The van der Waals surface area contributed by atoms with Gasteiger partial charge in [-0.25, -0.2) is 0 Å². The van der Waals surface area contributed by atoms with E-state index < -0.39 is 0 Å². The fraction of sp³-hybridized carbons (Fsp3) is 1.00. The van der Waals surface area contributed by atoms with Crippen LogP contribution in [-0.2, 0) is 0 Å². The van der Waals surface area contributed by atoms with Crippen LogP contribution in [0.25, 0.3) is 0 Å². The second kappa shape index (κ2) is 7.92. The van der Waals surface area contributed by atoms with Crippen molar-refractivity contribution in [1.29, 1.82) is 0 Å². The fourth-order valence-corrected chi connectivity index (χ4v) is 0.866. The highest BCUT2D eigenvalue weighted by molar-refractivity contribution is 4.59. The van der Waals surface area contributed by atoms with Crippen LogP contribution in [0.5, 0.6) is 0 Å². The fourth-order valence-electron chi connectivity index (χ4n) is 0.866. The first-order chi connectivity index (χ1) is 3.85. The van der Waals surface area contributed by atoms with Crippen LogP contribution in [0.2, 0.25) is 0 Å². The van der Waals surface area contributed by atoms with E-state index in [1.807, 2.05) is 0 Å². The van der Waals surface area contributed by atoms with E-state index in [1.165, 1.54) is 12.8 Å². The molecule has 9 heavy (non-hydrogen) atoms. The Hall–Kier alpha value is -0.0800. The van der Waals surface area contributed by atoms with Gasteiger partial charge in [0.25, 0.3) is 0 Å². The van der Waals surface area contributed by atoms with Gasteiger partial charge in [0.1, 0.15) is 0 Å². The second-order valence-electron chi connectivity index (χ2n) is 2.07. The summed E-state index contributed by atoms with van der Waals surface area (Å²) in [5, 5.41) is 3.38. The van der Waals surface area contributed by atoms with Gasteiger partial charge in [0, 0.05) is 6.04 Å². The van der Waals surface area contributed by atoms with Gasteiger partial charge in [-0.05, 0) is 19.4 Å². The van der Waals surface area contributed by atoms with Crippen molar-refractivity contribution in [2.24, 2.45) is 0 Å². The van der Waals surface area contributed by atoms with Gasteiger partial charge >= 0.3 is 0 Å². The van der Waals surface area contributed by atoms with Crippen molar-refractivity contribution in [3.63, 3.8) is 0 Å². The summed E-state index contributed by atoms with van der Waals surface area (Å²) >= 11 is 0. The molecule has 0 aromatic heterocycles. The molecule has 58 valence electrons. The lowest BCUT2D eigenvalue weighted by Crippen LogP contribution is -2.26. The van der Waals surface area contributed by atoms with Crippen LogP contribution in [-0.4, -0.2) is 18.1 Å². The highest BCUT2D eigenvalue weighted by Gasteiger charge is 1.96. The van der Waals surface area contributed by atoms with Gasteiger partial charge < -0.3 is 10.8 Å². The van der Waals surface area contributed by atoms with Crippen LogP contribution in [0.15, 0.2) is 0 Å². The molecule has 0 rings (SSSR count).